The van der Waals surface area contributed by atoms with Crippen molar-refractivity contribution in [2.45, 2.75) is 6.54 Å². The molecule has 0 radical (unpaired) electrons. The minimum atomic E-state index is -1.10. The molecule has 2 heterocycles. The van der Waals surface area contributed by atoms with E-state index in [1.54, 1.807) is 12.1 Å². The number of carboxylic acids is 1. The van der Waals surface area contributed by atoms with Crippen molar-refractivity contribution in [1.82, 2.24) is 14.6 Å². The summed E-state index contributed by atoms with van der Waals surface area (Å²) in [4.78, 5) is 17.6. The van der Waals surface area contributed by atoms with Gasteiger partial charge in [0.1, 0.15) is 0 Å². The highest BCUT2D eigenvalue weighted by Gasteiger charge is 2.17. The highest BCUT2D eigenvalue weighted by atomic mass is 16.4. The van der Waals surface area contributed by atoms with Crippen LogP contribution >= 0.6 is 0 Å². The summed E-state index contributed by atoms with van der Waals surface area (Å²) in [6.45, 7) is 0.490. The Morgan fingerprint density at radius 2 is 1.96 bits per heavy atom. The second-order valence-corrected chi connectivity index (χ2v) is 5.56. The monoisotopic (exact) mass is 326 g/mol. The number of aromatic nitrogens is 3. The first-order valence-corrected chi connectivity index (χ1v) is 7.34. The minimum absolute atomic E-state index is 0.00149. The number of nitrogen functional groups attached to an aromatic ring is 1. The summed E-state index contributed by atoms with van der Waals surface area (Å²) in [5.41, 5.74) is 8.54. The van der Waals surface area contributed by atoms with Gasteiger partial charge < -0.3 is 21.1 Å². The molecule has 0 aliphatic rings. The van der Waals surface area contributed by atoms with Crippen molar-refractivity contribution < 1.29 is 9.90 Å². The fraction of sp³-hybridized carbons (Fsp3) is 0.188. The molecule has 8 heteroatoms. The Morgan fingerprint density at radius 1 is 1.25 bits per heavy atom. The number of hydrogen-bond acceptors (Lipinski definition) is 6. The highest BCUT2D eigenvalue weighted by Crippen LogP contribution is 2.20. The standard InChI is InChI=1S/C16H18N6O2/c1-21(2)11-5-3-10(4-6-11)9-18-12-7-8-13-19-16(17)20-22(13)14(12)15(23)24/h3-8,18H,9H2,1-2H3,(H2,17,20)(H,23,24). The maximum atomic E-state index is 11.6. The molecule has 0 saturated heterocycles. The molecule has 0 unspecified atom stereocenters. The van der Waals surface area contributed by atoms with E-state index in [9.17, 15) is 9.90 Å². The van der Waals surface area contributed by atoms with Crippen LogP contribution in [0.2, 0.25) is 0 Å². The molecule has 0 spiro atoms. The van der Waals surface area contributed by atoms with Gasteiger partial charge in [0.2, 0.25) is 5.95 Å². The van der Waals surface area contributed by atoms with Crippen molar-refractivity contribution >= 4 is 28.9 Å². The molecule has 3 rings (SSSR count). The molecule has 0 fully saturated rings. The molecule has 24 heavy (non-hydrogen) atoms. The zero-order valence-electron chi connectivity index (χ0n) is 13.4. The van der Waals surface area contributed by atoms with E-state index in [0.717, 1.165) is 11.3 Å². The molecule has 1 aromatic carbocycles. The second kappa shape index (κ2) is 6.07. The molecule has 0 atom stereocenters. The molecule has 4 N–H and O–H groups in total. The summed E-state index contributed by atoms with van der Waals surface area (Å²) in [6.07, 6.45) is 0. The smallest absolute Gasteiger partial charge is 0.356 e. The Morgan fingerprint density at radius 3 is 2.58 bits per heavy atom. The molecule has 0 bridgehead atoms. The molecule has 0 saturated carbocycles. The van der Waals surface area contributed by atoms with Crippen LogP contribution < -0.4 is 16.0 Å². The zero-order valence-corrected chi connectivity index (χ0v) is 13.4. The average molecular weight is 326 g/mol. The predicted octanol–water partition coefficient (Wildman–Crippen LogP) is 1.69. The number of fused-ring (bicyclic) bond motifs is 1. The van der Waals surface area contributed by atoms with Gasteiger partial charge in [-0.25, -0.2) is 9.31 Å². The number of pyridine rings is 1. The molecule has 0 aliphatic heterocycles. The van der Waals surface area contributed by atoms with Crippen molar-refractivity contribution in [3.05, 3.63) is 47.7 Å². The topological polar surface area (TPSA) is 109 Å². The molecule has 124 valence electrons. The number of benzene rings is 1. The van der Waals surface area contributed by atoms with Crippen molar-refractivity contribution in [2.75, 3.05) is 30.0 Å². The summed E-state index contributed by atoms with van der Waals surface area (Å²) in [5, 5.41) is 16.6. The van der Waals surface area contributed by atoms with Crippen LogP contribution in [0.5, 0.6) is 0 Å². The van der Waals surface area contributed by atoms with Crippen LogP contribution in [0.25, 0.3) is 5.65 Å². The van der Waals surface area contributed by atoms with Gasteiger partial charge in [-0.3, -0.25) is 0 Å². The van der Waals surface area contributed by atoms with E-state index in [2.05, 4.69) is 15.4 Å². The summed E-state index contributed by atoms with van der Waals surface area (Å²) in [6, 6.07) is 11.4. The molecule has 2 aromatic heterocycles. The molecule has 8 nitrogen and oxygen atoms in total. The second-order valence-electron chi connectivity index (χ2n) is 5.56. The van der Waals surface area contributed by atoms with Crippen LogP contribution in [0.15, 0.2) is 36.4 Å². The normalized spacial score (nSPS) is 10.8. The van der Waals surface area contributed by atoms with Crippen molar-refractivity contribution in [2.24, 2.45) is 0 Å². The number of aromatic carboxylic acids is 1. The number of hydrogen-bond donors (Lipinski definition) is 3. The van der Waals surface area contributed by atoms with Gasteiger partial charge in [0.05, 0.1) is 5.69 Å². The maximum Gasteiger partial charge on any atom is 0.356 e. The van der Waals surface area contributed by atoms with Crippen LogP contribution in [-0.4, -0.2) is 39.8 Å². The van der Waals surface area contributed by atoms with Crippen LogP contribution in [0.3, 0.4) is 0 Å². The lowest BCUT2D eigenvalue weighted by molar-refractivity contribution is 0.0688. The number of nitrogens with one attached hydrogen (secondary N) is 1. The number of carbonyl (C=O) groups is 1. The number of rotatable bonds is 5. The van der Waals surface area contributed by atoms with Crippen LogP contribution in [0.1, 0.15) is 16.1 Å². The Labute approximate surface area is 138 Å². The predicted molar refractivity (Wildman–Crippen MR) is 92.5 cm³/mol. The summed E-state index contributed by atoms with van der Waals surface area (Å²) >= 11 is 0. The highest BCUT2D eigenvalue weighted by molar-refractivity contribution is 5.93. The molecule has 0 amide bonds. The van der Waals surface area contributed by atoms with Gasteiger partial charge in [-0.05, 0) is 29.8 Å². The van der Waals surface area contributed by atoms with Crippen molar-refractivity contribution in [3.63, 3.8) is 0 Å². The van der Waals surface area contributed by atoms with E-state index in [1.165, 1.54) is 4.52 Å². The summed E-state index contributed by atoms with van der Waals surface area (Å²) in [5.74, 6) is -1.06. The van der Waals surface area contributed by atoms with Gasteiger partial charge in [-0.2, -0.15) is 4.98 Å². The molecule has 0 aliphatic carbocycles. The zero-order chi connectivity index (χ0) is 17.3. The Balaban J connectivity index is 1.87. The number of anilines is 3. The van der Waals surface area contributed by atoms with Gasteiger partial charge >= 0.3 is 5.97 Å². The van der Waals surface area contributed by atoms with Gasteiger partial charge in [0.25, 0.3) is 0 Å². The number of nitrogens with zero attached hydrogens (tertiary/aromatic N) is 4. The lowest BCUT2D eigenvalue weighted by Gasteiger charge is -2.14. The van der Waals surface area contributed by atoms with Crippen molar-refractivity contribution in [1.29, 1.82) is 0 Å². The van der Waals surface area contributed by atoms with Gasteiger partial charge in [0, 0.05) is 26.3 Å². The maximum absolute atomic E-state index is 11.6. The first kappa shape index (κ1) is 15.6. The third kappa shape index (κ3) is 2.94. The minimum Gasteiger partial charge on any atom is -0.476 e. The fourth-order valence-electron chi connectivity index (χ4n) is 2.42. The number of nitrogens with two attached hydrogens (primary N) is 1. The van der Waals surface area contributed by atoms with Gasteiger partial charge in [-0.15, -0.1) is 5.10 Å². The van der Waals surface area contributed by atoms with Crippen molar-refractivity contribution in [3.8, 4) is 0 Å². The van der Waals surface area contributed by atoms with Gasteiger partial charge in [0.15, 0.2) is 11.3 Å². The van der Waals surface area contributed by atoms with Gasteiger partial charge in [-0.1, -0.05) is 12.1 Å². The third-order valence-corrected chi connectivity index (χ3v) is 3.65. The third-order valence-electron chi connectivity index (χ3n) is 3.65. The first-order valence-electron chi connectivity index (χ1n) is 7.34. The van der Waals surface area contributed by atoms with Crippen LogP contribution in [0.4, 0.5) is 17.3 Å². The summed E-state index contributed by atoms with van der Waals surface area (Å²) in [7, 11) is 3.96. The molecule has 3 aromatic rings. The SMILES string of the molecule is CN(C)c1ccc(CNc2ccc3nc(N)nn3c2C(=O)O)cc1. The molecular formula is C16H18N6O2. The largest absolute Gasteiger partial charge is 0.476 e. The van der Waals surface area contributed by atoms with E-state index in [1.807, 2.05) is 43.3 Å². The van der Waals surface area contributed by atoms with E-state index in [0.29, 0.717) is 17.9 Å². The van der Waals surface area contributed by atoms with Crippen LogP contribution in [-0.2, 0) is 6.54 Å². The lowest BCUT2D eigenvalue weighted by atomic mass is 10.2. The van der Waals surface area contributed by atoms with E-state index < -0.39 is 5.97 Å². The lowest BCUT2D eigenvalue weighted by Crippen LogP contribution is -2.12. The Hall–Kier alpha value is -3.29. The summed E-state index contributed by atoms with van der Waals surface area (Å²) < 4.78 is 1.23. The van der Waals surface area contributed by atoms with E-state index in [4.69, 9.17) is 5.73 Å². The van der Waals surface area contributed by atoms with Crippen LogP contribution in [0, 0.1) is 0 Å². The van der Waals surface area contributed by atoms with E-state index in [-0.39, 0.29) is 11.6 Å². The fourth-order valence-corrected chi connectivity index (χ4v) is 2.42. The Bertz CT molecular complexity index is 885. The quantitative estimate of drug-likeness (QED) is 0.654. The van der Waals surface area contributed by atoms with E-state index >= 15 is 0 Å². The number of carboxylic acid groups (broad SMARTS) is 1. The Kier molecular flexibility index (Phi) is 3.95. The average Bonchev–Trinajstić information content (AvgIpc) is 2.92. The molecular weight excluding hydrogens is 308 g/mol. The first-order chi connectivity index (χ1) is 11.5.